The van der Waals surface area contributed by atoms with Crippen molar-refractivity contribution in [3.8, 4) is 0 Å². The van der Waals surface area contributed by atoms with Crippen molar-refractivity contribution in [1.82, 2.24) is 10.3 Å². The van der Waals surface area contributed by atoms with Gasteiger partial charge in [0.2, 0.25) is 0 Å². The van der Waals surface area contributed by atoms with Crippen molar-refractivity contribution >= 4 is 11.3 Å². The van der Waals surface area contributed by atoms with E-state index < -0.39 is 0 Å². The zero-order chi connectivity index (χ0) is 11.7. The maximum absolute atomic E-state index is 5.52. The first kappa shape index (κ1) is 11.6. The van der Waals surface area contributed by atoms with Crippen LogP contribution >= 0.6 is 11.3 Å². The molecule has 1 aliphatic carbocycles. The van der Waals surface area contributed by atoms with Crippen molar-refractivity contribution in [2.24, 2.45) is 5.92 Å². The molecule has 2 heterocycles. The molecule has 2 aliphatic rings. The largest absolute Gasteiger partial charge is 0.381 e. The van der Waals surface area contributed by atoms with Crippen LogP contribution in [0.4, 0.5) is 0 Å². The predicted octanol–water partition coefficient (Wildman–Crippen LogP) is 2.32. The Balaban J connectivity index is 1.81. The number of hydrogen-bond donors (Lipinski definition) is 1. The van der Waals surface area contributed by atoms with Crippen LogP contribution < -0.4 is 5.32 Å². The van der Waals surface area contributed by atoms with Gasteiger partial charge < -0.3 is 10.1 Å². The smallest absolute Gasteiger partial charge is 0.110 e. The van der Waals surface area contributed by atoms with E-state index >= 15 is 0 Å². The highest BCUT2D eigenvalue weighted by Crippen LogP contribution is 2.35. The summed E-state index contributed by atoms with van der Waals surface area (Å²) in [7, 11) is 0. The van der Waals surface area contributed by atoms with Gasteiger partial charge in [-0.2, -0.15) is 0 Å². The number of ether oxygens (including phenoxy) is 1. The Kier molecular flexibility index (Phi) is 3.45. The molecule has 94 valence electrons. The molecule has 0 radical (unpaired) electrons. The van der Waals surface area contributed by atoms with E-state index in [0.29, 0.717) is 12.0 Å². The van der Waals surface area contributed by atoms with E-state index in [1.54, 1.807) is 0 Å². The van der Waals surface area contributed by atoms with Crippen molar-refractivity contribution in [3.63, 3.8) is 0 Å². The molecule has 1 N–H and O–H groups in total. The third kappa shape index (κ3) is 2.26. The fraction of sp³-hybridized carbons (Fsp3) is 0.769. The minimum atomic E-state index is 0.415. The van der Waals surface area contributed by atoms with Gasteiger partial charge in [-0.1, -0.05) is 6.92 Å². The SMILES string of the molecule is CCNC(c1nc2c(s1)CCC2)C1CCOC1. The van der Waals surface area contributed by atoms with Crippen molar-refractivity contribution in [3.05, 3.63) is 15.6 Å². The van der Waals surface area contributed by atoms with E-state index in [1.807, 2.05) is 11.3 Å². The molecule has 1 aliphatic heterocycles. The summed E-state index contributed by atoms with van der Waals surface area (Å²) in [6.07, 6.45) is 4.90. The molecule has 4 heteroatoms. The second-order valence-electron chi connectivity index (χ2n) is 4.93. The minimum absolute atomic E-state index is 0.415. The quantitative estimate of drug-likeness (QED) is 0.893. The Hall–Kier alpha value is -0.450. The number of aromatic nitrogens is 1. The van der Waals surface area contributed by atoms with Crippen LogP contribution in [0.25, 0.3) is 0 Å². The van der Waals surface area contributed by atoms with Crippen molar-refractivity contribution < 1.29 is 4.74 Å². The van der Waals surface area contributed by atoms with E-state index in [-0.39, 0.29) is 0 Å². The van der Waals surface area contributed by atoms with E-state index in [1.165, 1.54) is 41.3 Å². The van der Waals surface area contributed by atoms with E-state index in [9.17, 15) is 0 Å². The lowest BCUT2D eigenvalue weighted by molar-refractivity contribution is 0.177. The number of aryl methyl sites for hydroxylation is 2. The Morgan fingerprint density at radius 1 is 1.53 bits per heavy atom. The van der Waals surface area contributed by atoms with Gasteiger partial charge in [0.05, 0.1) is 18.3 Å². The van der Waals surface area contributed by atoms with Crippen LogP contribution in [0.5, 0.6) is 0 Å². The second-order valence-corrected chi connectivity index (χ2v) is 6.05. The molecule has 3 rings (SSSR count). The molecular formula is C13H20N2OS. The molecule has 0 bridgehead atoms. The third-order valence-electron chi connectivity index (χ3n) is 3.74. The molecule has 0 amide bonds. The summed E-state index contributed by atoms with van der Waals surface area (Å²) in [5.41, 5.74) is 1.37. The first-order valence-corrected chi connectivity index (χ1v) is 7.49. The standard InChI is InChI=1S/C13H20N2OS/c1-2-14-12(9-6-7-16-8-9)13-15-10-4-3-5-11(10)17-13/h9,12,14H,2-8H2,1H3. The third-order valence-corrected chi connectivity index (χ3v) is 4.98. The maximum Gasteiger partial charge on any atom is 0.110 e. The molecule has 2 unspecified atom stereocenters. The molecule has 0 spiro atoms. The predicted molar refractivity (Wildman–Crippen MR) is 69.5 cm³/mol. The highest BCUT2D eigenvalue weighted by Gasteiger charge is 2.30. The van der Waals surface area contributed by atoms with Crippen molar-refractivity contribution in [1.29, 1.82) is 0 Å². The summed E-state index contributed by atoms with van der Waals surface area (Å²) in [5.74, 6) is 0.612. The lowest BCUT2D eigenvalue weighted by Crippen LogP contribution is -2.28. The number of nitrogens with zero attached hydrogens (tertiary/aromatic N) is 1. The van der Waals surface area contributed by atoms with E-state index in [4.69, 9.17) is 9.72 Å². The summed E-state index contributed by atoms with van der Waals surface area (Å²) >= 11 is 1.93. The van der Waals surface area contributed by atoms with Gasteiger partial charge in [-0.05, 0) is 32.2 Å². The number of thiazole rings is 1. The zero-order valence-electron chi connectivity index (χ0n) is 10.4. The molecule has 1 fully saturated rings. The monoisotopic (exact) mass is 252 g/mol. The minimum Gasteiger partial charge on any atom is -0.381 e. The maximum atomic E-state index is 5.52. The lowest BCUT2D eigenvalue weighted by atomic mass is 9.99. The highest BCUT2D eigenvalue weighted by molar-refractivity contribution is 7.11. The van der Waals surface area contributed by atoms with Crippen LogP contribution in [-0.2, 0) is 17.6 Å². The van der Waals surface area contributed by atoms with E-state index in [2.05, 4.69) is 12.2 Å². The fourth-order valence-corrected chi connectivity index (χ4v) is 4.16. The molecule has 1 aromatic heterocycles. The normalized spacial score (nSPS) is 25.1. The molecule has 17 heavy (non-hydrogen) atoms. The van der Waals surface area contributed by atoms with Gasteiger partial charge in [0.15, 0.2) is 0 Å². The number of fused-ring (bicyclic) bond motifs is 1. The molecule has 1 aromatic rings. The second kappa shape index (κ2) is 5.04. The molecular weight excluding hydrogens is 232 g/mol. The number of rotatable bonds is 4. The van der Waals surface area contributed by atoms with Crippen LogP contribution in [0, 0.1) is 5.92 Å². The molecule has 0 saturated carbocycles. The molecule has 1 saturated heterocycles. The van der Waals surface area contributed by atoms with Gasteiger partial charge in [-0.3, -0.25) is 0 Å². The van der Waals surface area contributed by atoms with Gasteiger partial charge in [0.25, 0.3) is 0 Å². The lowest BCUT2D eigenvalue weighted by Gasteiger charge is -2.21. The van der Waals surface area contributed by atoms with Crippen molar-refractivity contribution in [2.75, 3.05) is 19.8 Å². The Morgan fingerprint density at radius 3 is 3.18 bits per heavy atom. The van der Waals surface area contributed by atoms with Crippen LogP contribution in [0.1, 0.15) is 41.4 Å². The van der Waals surface area contributed by atoms with Gasteiger partial charge in [-0.25, -0.2) is 4.98 Å². The topological polar surface area (TPSA) is 34.2 Å². The van der Waals surface area contributed by atoms with Crippen LogP contribution in [0.15, 0.2) is 0 Å². The first-order valence-electron chi connectivity index (χ1n) is 6.68. The zero-order valence-corrected chi connectivity index (χ0v) is 11.2. The number of hydrogen-bond acceptors (Lipinski definition) is 4. The Labute approximate surface area is 107 Å². The molecule has 0 aromatic carbocycles. The van der Waals surface area contributed by atoms with Crippen molar-refractivity contribution in [2.45, 2.75) is 38.6 Å². The average molecular weight is 252 g/mol. The van der Waals surface area contributed by atoms with Gasteiger partial charge >= 0.3 is 0 Å². The fourth-order valence-electron chi connectivity index (χ4n) is 2.83. The number of nitrogens with one attached hydrogen (secondary N) is 1. The molecule has 2 atom stereocenters. The first-order chi connectivity index (χ1) is 8.38. The van der Waals surface area contributed by atoms with Crippen LogP contribution in [0.2, 0.25) is 0 Å². The van der Waals surface area contributed by atoms with Crippen LogP contribution in [-0.4, -0.2) is 24.7 Å². The Morgan fingerprint density at radius 2 is 2.47 bits per heavy atom. The Bertz CT molecular complexity index is 363. The van der Waals surface area contributed by atoms with E-state index in [0.717, 1.165) is 19.8 Å². The summed E-state index contributed by atoms with van der Waals surface area (Å²) < 4.78 is 5.52. The summed E-state index contributed by atoms with van der Waals surface area (Å²) in [6.45, 7) is 4.98. The average Bonchev–Trinajstić information content (AvgIpc) is 3.01. The molecule has 3 nitrogen and oxygen atoms in total. The van der Waals surface area contributed by atoms with Crippen LogP contribution in [0.3, 0.4) is 0 Å². The van der Waals surface area contributed by atoms with Gasteiger partial charge in [0, 0.05) is 17.4 Å². The van der Waals surface area contributed by atoms with Gasteiger partial charge in [0.1, 0.15) is 5.01 Å². The van der Waals surface area contributed by atoms with Gasteiger partial charge in [-0.15, -0.1) is 11.3 Å². The summed E-state index contributed by atoms with van der Waals surface area (Å²) in [6, 6.07) is 0.415. The summed E-state index contributed by atoms with van der Waals surface area (Å²) in [4.78, 5) is 6.38. The summed E-state index contributed by atoms with van der Waals surface area (Å²) in [5, 5.41) is 4.90. The highest BCUT2D eigenvalue weighted by atomic mass is 32.1.